The Kier molecular flexibility index (Phi) is 4.17. The Morgan fingerprint density at radius 3 is 2.25 bits per heavy atom. The zero-order valence-corrected chi connectivity index (χ0v) is 16.2. The second-order valence-electron chi connectivity index (χ2n) is 8.57. The van der Waals surface area contributed by atoms with Crippen molar-refractivity contribution in [3.8, 4) is 0 Å². The number of carbonyl (C=O) groups is 3. The minimum atomic E-state index is -0.444. The molecule has 3 fully saturated rings. The van der Waals surface area contributed by atoms with E-state index in [0.29, 0.717) is 45.6 Å². The highest BCUT2D eigenvalue weighted by Gasteiger charge is 2.51. The van der Waals surface area contributed by atoms with E-state index in [4.69, 9.17) is 0 Å². The largest absolute Gasteiger partial charge is 0.348 e. The molecule has 5 rings (SSSR count). The van der Waals surface area contributed by atoms with E-state index in [2.05, 4.69) is 9.97 Å². The van der Waals surface area contributed by atoms with Crippen LogP contribution in [-0.4, -0.2) is 75.1 Å². The fourth-order valence-electron chi connectivity index (χ4n) is 5.13. The van der Waals surface area contributed by atoms with Gasteiger partial charge >= 0.3 is 11.8 Å². The number of imidazole rings is 1. The van der Waals surface area contributed by atoms with Gasteiger partial charge in [-0.05, 0) is 38.5 Å². The van der Waals surface area contributed by atoms with Gasteiger partial charge in [0.05, 0.1) is 17.6 Å². The molecular formula is C20H27N5O3. The molecule has 1 aromatic rings. The Balaban J connectivity index is 1.36. The van der Waals surface area contributed by atoms with E-state index >= 15 is 0 Å². The number of nitrogens with zero attached hydrogens (tertiary/aromatic N) is 4. The first-order chi connectivity index (χ1) is 13.6. The highest BCUT2D eigenvalue weighted by molar-refractivity contribution is 6.35. The van der Waals surface area contributed by atoms with Gasteiger partial charge in [0, 0.05) is 50.8 Å². The van der Waals surface area contributed by atoms with Crippen LogP contribution in [0.1, 0.15) is 49.9 Å². The molecule has 1 spiro atoms. The van der Waals surface area contributed by atoms with Crippen LogP contribution >= 0.6 is 0 Å². The molecular weight excluding hydrogens is 358 g/mol. The Labute approximate surface area is 164 Å². The molecule has 28 heavy (non-hydrogen) atoms. The molecule has 0 bridgehead atoms. The van der Waals surface area contributed by atoms with Crippen LogP contribution in [-0.2, 0) is 26.3 Å². The number of hydrogen-bond acceptors (Lipinski definition) is 4. The Morgan fingerprint density at radius 1 is 0.964 bits per heavy atom. The summed E-state index contributed by atoms with van der Waals surface area (Å²) < 4.78 is 0. The molecule has 3 amide bonds. The number of piperidine rings is 1. The molecule has 0 atom stereocenters. The lowest BCUT2D eigenvalue weighted by Gasteiger charge is -2.50. The second kappa shape index (κ2) is 6.60. The SMILES string of the molecule is O=C(C(=O)N1CCC2(CC1)c1nc[nH]c1CCN2C(=O)C1CC1)N1CCCC1. The van der Waals surface area contributed by atoms with E-state index in [0.717, 1.165) is 43.5 Å². The molecule has 2 saturated heterocycles. The fraction of sp³-hybridized carbons (Fsp3) is 0.700. The van der Waals surface area contributed by atoms with Crippen molar-refractivity contribution in [2.75, 3.05) is 32.7 Å². The van der Waals surface area contributed by atoms with Crippen molar-refractivity contribution in [2.45, 2.75) is 50.5 Å². The van der Waals surface area contributed by atoms with Gasteiger partial charge in [-0.15, -0.1) is 0 Å². The van der Waals surface area contributed by atoms with E-state index in [1.54, 1.807) is 16.1 Å². The van der Waals surface area contributed by atoms with Crippen molar-refractivity contribution in [2.24, 2.45) is 5.92 Å². The van der Waals surface area contributed by atoms with Gasteiger partial charge in [0.15, 0.2) is 0 Å². The van der Waals surface area contributed by atoms with E-state index in [1.807, 2.05) is 4.90 Å². The summed E-state index contributed by atoms with van der Waals surface area (Å²) in [6.07, 6.45) is 7.70. The minimum Gasteiger partial charge on any atom is -0.348 e. The lowest BCUT2D eigenvalue weighted by Crippen LogP contribution is -2.60. The quantitative estimate of drug-likeness (QED) is 0.719. The summed E-state index contributed by atoms with van der Waals surface area (Å²) in [6, 6.07) is 0. The molecule has 4 heterocycles. The number of amides is 3. The molecule has 8 heteroatoms. The lowest BCUT2D eigenvalue weighted by molar-refractivity contribution is -0.154. The van der Waals surface area contributed by atoms with Crippen LogP contribution in [0, 0.1) is 5.92 Å². The summed E-state index contributed by atoms with van der Waals surface area (Å²) in [7, 11) is 0. The van der Waals surface area contributed by atoms with Crippen molar-refractivity contribution < 1.29 is 14.4 Å². The third kappa shape index (κ3) is 2.72. The Morgan fingerprint density at radius 2 is 1.61 bits per heavy atom. The number of hydrogen-bond donors (Lipinski definition) is 1. The van der Waals surface area contributed by atoms with Gasteiger partial charge in [0.1, 0.15) is 0 Å². The maximum Gasteiger partial charge on any atom is 0.312 e. The predicted octanol–water partition coefficient (Wildman–Crippen LogP) is 0.645. The monoisotopic (exact) mass is 385 g/mol. The predicted molar refractivity (Wildman–Crippen MR) is 100 cm³/mol. The van der Waals surface area contributed by atoms with Gasteiger partial charge in [-0.1, -0.05) is 0 Å². The maximum atomic E-state index is 13.0. The van der Waals surface area contributed by atoms with Gasteiger partial charge in [0.25, 0.3) is 0 Å². The van der Waals surface area contributed by atoms with Crippen LogP contribution in [0.5, 0.6) is 0 Å². The molecule has 8 nitrogen and oxygen atoms in total. The van der Waals surface area contributed by atoms with Crippen molar-refractivity contribution in [1.29, 1.82) is 0 Å². The third-order valence-corrected chi connectivity index (χ3v) is 6.91. The van der Waals surface area contributed by atoms with Gasteiger partial charge in [-0.25, -0.2) is 4.98 Å². The molecule has 0 unspecified atom stereocenters. The first-order valence-electron chi connectivity index (χ1n) is 10.5. The lowest BCUT2D eigenvalue weighted by atomic mass is 9.78. The van der Waals surface area contributed by atoms with Crippen molar-refractivity contribution in [1.82, 2.24) is 24.7 Å². The van der Waals surface area contributed by atoms with E-state index in [1.165, 1.54) is 0 Å². The summed E-state index contributed by atoms with van der Waals surface area (Å²) in [6.45, 7) is 3.04. The van der Waals surface area contributed by atoms with Crippen LogP contribution in [0.2, 0.25) is 0 Å². The number of likely N-dealkylation sites (tertiary alicyclic amines) is 2. The van der Waals surface area contributed by atoms with Crippen LogP contribution < -0.4 is 0 Å². The van der Waals surface area contributed by atoms with E-state index < -0.39 is 11.4 Å². The molecule has 1 aliphatic carbocycles. The fourth-order valence-corrected chi connectivity index (χ4v) is 5.13. The zero-order chi connectivity index (χ0) is 19.3. The molecule has 0 aromatic carbocycles. The van der Waals surface area contributed by atoms with Crippen LogP contribution in [0.4, 0.5) is 0 Å². The molecule has 1 aromatic heterocycles. The van der Waals surface area contributed by atoms with Gasteiger partial charge in [-0.2, -0.15) is 0 Å². The van der Waals surface area contributed by atoms with Crippen LogP contribution in [0.15, 0.2) is 6.33 Å². The average molecular weight is 385 g/mol. The number of aromatic amines is 1. The second-order valence-corrected chi connectivity index (χ2v) is 8.57. The first kappa shape index (κ1) is 17.7. The molecule has 0 radical (unpaired) electrons. The van der Waals surface area contributed by atoms with Gasteiger partial charge in [-0.3, -0.25) is 14.4 Å². The van der Waals surface area contributed by atoms with Gasteiger partial charge < -0.3 is 19.7 Å². The topological polar surface area (TPSA) is 89.6 Å². The van der Waals surface area contributed by atoms with Crippen LogP contribution in [0.3, 0.4) is 0 Å². The molecule has 150 valence electrons. The number of carbonyl (C=O) groups excluding carboxylic acids is 3. The smallest absolute Gasteiger partial charge is 0.312 e. The highest BCUT2D eigenvalue weighted by Crippen LogP contribution is 2.45. The normalized spacial score (nSPS) is 23.8. The van der Waals surface area contributed by atoms with Gasteiger partial charge in [0.2, 0.25) is 5.91 Å². The summed E-state index contributed by atoms with van der Waals surface area (Å²) in [4.78, 5) is 51.4. The summed E-state index contributed by atoms with van der Waals surface area (Å²) in [5, 5.41) is 0. The summed E-state index contributed by atoms with van der Waals surface area (Å²) >= 11 is 0. The molecule has 1 N–H and O–H groups in total. The summed E-state index contributed by atoms with van der Waals surface area (Å²) in [5.74, 6) is -0.367. The standard InChI is InChI=1S/C20H27N5O3/c26-17(14-3-4-14)25-10-5-15-16(22-13-21-15)20(25)6-11-24(12-7-20)19(28)18(27)23-8-1-2-9-23/h13-14H,1-12H2,(H,21,22). The molecule has 3 aliphatic heterocycles. The highest BCUT2D eigenvalue weighted by atomic mass is 16.2. The number of rotatable bonds is 1. The zero-order valence-electron chi connectivity index (χ0n) is 16.2. The van der Waals surface area contributed by atoms with Crippen molar-refractivity contribution >= 4 is 17.7 Å². The third-order valence-electron chi connectivity index (χ3n) is 6.91. The first-order valence-corrected chi connectivity index (χ1v) is 10.5. The summed E-state index contributed by atoms with van der Waals surface area (Å²) in [5.41, 5.74) is 1.62. The minimum absolute atomic E-state index is 0.161. The Hall–Kier alpha value is -2.38. The number of aromatic nitrogens is 2. The Bertz CT molecular complexity index is 801. The maximum absolute atomic E-state index is 13.0. The number of nitrogens with one attached hydrogen (secondary N) is 1. The van der Waals surface area contributed by atoms with E-state index in [9.17, 15) is 14.4 Å². The van der Waals surface area contributed by atoms with Crippen molar-refractivity contribution in [3.63, 3.8) is 0 Å². The molecule has 4 aliphatic rings. The average Bonchev–Trinajstić information content (AvgIpc) is 3.20. The van der Waals surface area contributed by atoms with Crippen LogP contribution in [0.25, 0.3) is 0 Å². The molecule has 1 saturated carbocycles. The van der Waals surface area contributed by atoms with E-state index in [-0.39, 0.29) is 17.7 Å². The number of H-pyrrole nitrogens is 1. The number of fused-ring (bicyclic) bond motifs is 2. The van der Waals surface area contributed by atoms with Crippen molar-refractivity contribution in [3.05, 3.63) is 17.7 Å².